The molecule has 4 aliphatic rings. The molecule has 0 radical (unpaired) electrons. The van der Waals surface area contributed by atoms with E-state index >= 15 is 0 Å². The summed E-state index contributed by atoms with van der Waals surface area (Å²) in [6, 6.07) is 8.22. The van der Waals surface area contributed by atoms with Gasteiger partial charge in [-0.25, -0.2) is 0 Å². The molecule has 1 aromatic heterocycles. The zero-order chi connectivity index (χ0) is 27.0. The zero-order valence-corrected chi connectivity index (χ0v) is 22.0. The number of aryl methyl sites for hydroxylation is 1. The average molecular weight is 545 g/mol. The molecule has 1 N–H and O–H groups in total. The van der Waals surface area contributed by atoms with Crippen LogP contribution in [0.1, 0.15) is 53.3 Å². The van der Waals surface area contributed by atoms with Crippen molar-refractivity contribution in [3.63, 3.8) is 0 Å². The van der Waals surface area contributed by atoms with Crippen LogP contribution in [0, 0.1) is 0 Å². The van der Waals surface area contributed by atoms with Gasteiger partial charge in [-0.05, 0) is 67.0 Å². The summed E-state index contributed by atoms with van der Waals surface area (Å²) in [6.45, 7) is 4.05. The molecule has 7 nitrogen and oxygen atoms in total. The predicted octanol–water partition coefficient (Wildman–Crippen LogP) is 3.51. The Bertz CT molecular complexity index is 1190. The molecule has 4 heterocycles. The first kappa shape index (κ1) is 26.7. The van der Waals surface area contributed by atoms with Gasteiger partial charge >= 0.3 is 6.18 Å². The van der Waals surface area contributed by atoms with Crippen LogP contribution in [0.4, 0.5) is 13.2 Å². The first-order valence-electron chi connectivity index (χ1n) is 14.0. The molecular formula is C29H35F3N4O3. The number of likely N-dealkylation sites (tertiary alicyclic amines) is 1. The minimum absolute atomic E-state index is 0.0818. The second kappa shape index (κ2) is 11.2. The van der Waals surface area contributed by atoms with Crippen LogP contribution < -0.4 is 5.32 Å². The Hall–Kier alpha value is -2.53. The molecule has 2 aromatic rings. The monoisotopic (exact) mass is 544 g/mol. The van der Waals surface area contributed by atoms with Crippen LogP contribution in [-0.4, -0.2) is 78.3 Å². The highest BCUT2D eigenvalue weighted by molar-refractivity contribution is 5.78. The Balaban J connectivity index is 1.11. The normalized spacial score (nSPS) is 26.4. The van der Waals surface area contributed by atoms with Crippen LogP contribution in [0.25, 0.3) is 0 Å². The molecule has 0 bridgehead atoms. The van der Waals surface area contributed by atoms with Gasteiger partial charge in [0.25, 0.3) is 0 Å². The summed E-state index contributed by atoms with van der Waals surface area (Å²) in [7, 11) is 0. The number of fused-ring (bicyclic) bond motifs is 2. The van der Waals surface area contributed by atoms with E-state index in [1.54, 1.807) is 12.3 Å². The van der Waals surface area contributed by atoms with Crippen molar-refractivity contribution >= 4 is 5.91 Å². The molecule has 10 heteroatoms. The second-order valence-corrected chi connectivity index (χ2v) is 11.2. The number of halogens is 3. The molecule has 1 aromatic carbocycles. The van der Waals surface area contributed by atoms with E-state index in [-0.39, 0.29) is 30.7 Å². The van der Waals surface area contributed by atoms with Crippen LogP contribution >= 0.6 is 0 Å². The number of pyridine rings is 1. The van der Waals surface area contributed by atoms with E-state index in [0.717, 1.165) is 62.8 Å². The molecule has 6 rings (SSSR count). The van der Waals surface area contributed by atoms with Gasteiger partial charge in [-0.2, -0.15) is 13.2 Å². The fourth-order valence-electron chi connectivity index (χ4n) is 6.53. The van der Waals surface area contributed by atoms with Gasteiger partial charge in [0.2, 0.25) is 5.91 Å². The molecule has 39 heavy (non-hydrogen) atoms. The van der Waals surface area contributed by atoms with E-state index < -0.39 is 11.7 Å². The number of carbonyl (C=O) groups is 1. The van der Waals surface area contributed by atoms with Crippen LogP contribution in [0.15, 0.2) is 36.5 Å². The molecule has 2 saturated heterocycles. The highest BCUT2D eigenvalue weighted by atomic mass is 19.4. The highest BCUT2D eigenvalue weighted by Gasteiger charge is 2.41. The first-order valence-corrected chi connectivity index (χ1v) is 14.0. The van der Waals surface area contributed by atoms with Gasteiger partial charge in [-0.15, -0.1) is 0 Å². The van der Waals surface area contributed by atoms with Gasteiger partial charge in [-0.3, -0.25) is 19.6 Å². The molecule has 2 unspecified atom stereocenters. The lowest BCUT2D eigenvalue weighted by Gasteiger charge is -2.31. The van der Waals surface area contributed by atoms with Crippen molar-refractivity contribution in [3.8, 4) is 0 Å². The van der Waals surface area contributed by atoms with E-state index in [9.17, 15) is 18.0 Å². The Labute approximate surface area is 226 Å². The molecule has 3 atom stereocenters. The summed E-state index contributed by atoms with van der Waals surface area (Å²) in [5.41, 5.74) is 3.14. The summed E-state index contributed by atoms with van der Waals surface area (Å²) in [4.78, 5) is 22.2. The number of hydrogen-bond donors (Lipinski definition) is 1. The number of ether oxygens (including phenoxy) is 2. The van der Waals surface area contributed by atoms with Gasteiger partial charge in [0.05, 0.1) is 29.9 Å². The van der Waals surface area contributed by atoms with Crippen molar-refractivity contribution in [1.82, 2.24) is 20.1 Å². The fraction of sp³-hybridized carbons (Fsp3) is 0.586. The minimum Gasteiger partial charge on any atom is -0.381 e. The number of alkyl halides is 3. The summed E-state index contributed by atoms with van der Waals surface area (Å²) in [6.07, 6.45) is 1.56. The van der Waals surface area contributed by atoms with Crippen molar-refractivity contribution in [1.29, 1.82) is 0 Å². The van der Waals surface area contributed by atoms with Crippen molar-refractivity contribution in [2.24, 2.45) is 0 Å². The maximum atomic E-state index is 13.2. The van der Waals surface area contributed by atoms with Crippen molar-refractivity contribution in [2.45, 2.75) is 69.1 Å². The zero-order valence-electron chi connectivity index (χ0n) is 22.0. The molecule has 1 amide bonds. The summed E-state index contributed by atoms with van der Waals surface area (Å²) < 4.78 is 51.9. The lowest BCUT2D eigenvalue weighted by atomic mass is 9.97. The number of nitrogens with zero attached hydrogens (tertiary/aromatic N) is 3. The van der Waals surface area contributed by atoms with E-state index in [0.29, 0.717) is 37.7 Å². The van der Waals surface area contributed by atoms with Gasteiger partial charge in [0, 0.05) is 51.6 Å². The van der Waals surface area contributed by atoms with Crippen molar-refractivity contribution in [2.75, 3.05) is 39.4 Å². The lowest BCUT2D eigenvalue weighted by Crippen LogP contribution is -2.48. The van der Waals surface area contributed by atoms with Crippen molar-refractivity contribution < 1.29 is 27.4 Å². The van der Waals surface area contributed by atoms with E-state index in [2.05, 4.69) is 21.3 Å². The van der Waals surface area contributed by atoms with E-state index in [1.165, 1.54) is 11.6 Å². The van der Waals surface area contributed by atoms with Gasteiger partial charge in [0.1, 0.15) is 6.10 Å². The average Bonchev–Trinajstić information content (AvgIpc) is 3.52. The maximum Gasteiger partial charge on any atom is 0.416 e. The standard InChI is InChI=1S/C29H35F3N4O3/c30-29(31,32)22-5-3-19-7-11-35(15-21(19)14-22)18-27(37)34-24-16-36(23-8-12-38-13-9-23)17-26(24)39-25-6-4-20-2-1-10-33-28(20)25/h1-3,5,10,14,23-26H,4,6-9,11-13,15-18H2,(H,34,37)/t24?,25?,26-/m0/s1. The van der Waals surface area contributed by atoms with Crippen LogP contribution in [-0.2, 0) is 39.8 Å². The third kappa shape index (κ3) is 5.99. The Morgan fingerprint density at radius 2 is 1.92 bits per heavy atom. The Morgan fingerprint density at radius 1 is 1.08 bits per heavy atom. The largest absolute Gasteiger partial charge is 0.416 e. The molecule has 1 aliphatic carbocycles. The number of carbonyl (C=O) groups excluding carboxylic acids is 1. The molecule has 0 saturated carbocycles. The number of amides is 1. The SMILES string of the molecule is O=C(CN1CCc2ccc(C(F)(F)F)cc2C1)NC1CN(C2CCOCC2)C[C@@H]1OC1CCc2cccnc21. The maximum absolute atomic E-state index is 13.2. The molecule has 210 valence electrons. The minimum atomic E-state index is -4.38. The first-order chi connectivity index (χ1) is 18.8. The predicted molar refractivity (Wildman–Crippen MR) is 138 cm³/mol. The van der Waals surface area contributed by atoms with Crippen molar-refractivity contribution in [3.05, 3.63) is 64.5 Å². The number of benzene rings is 1. The van der Waals surface area contributed by atoms with Crippen LogP contribution in [0.2, 0.25) is 0 Å². The van der Waals surface area contributed by atoms with E-state index in [4.69, 9.17) is 9.47 Å². The highest BCUT2D eigenvalue weighted by Crippen LogP contribution is 2.35. The summed E-state index contributed by atoms with van der Waals surface area (Å²) >= 11 is 0. The lowest BCUT2D eigenvalue weighted by molar-refractivity contribution is -0.137. The smallest absolute Gasteiger partial charge is 0.381 e. The fourth-order valence-corrected chi connectivity index (χ4v) is 6.53. The van der Waals surface area contributed by atoms with Gasteiger partial charge in [0.15, 0.2) is 0 Å². The number of rotatable bonds is 6. The molecule has 3 aliphatic heterocycles. The molecule has 2 fully saturated rings. The van der Waals surface area contributed by atoms with Gasteiger partial charge in [-0.1, -0.05) is 12.1 Å². The Morgan fingerprint density at radius 3 is 2.74 bits per heavy atom. The second-order valence-electron chi connectivity index (χ2n) is 11.2. The number of hydrogen-bond acceptors (Lipinski definition) is 6. The Kier molecular flexibility index (Phi) is 7.63. The van der Waals surface area contributed by atoms with E-state index in [1.807, 2.05) is 11.0 Å². The van der Waals surface area contributed by atoms with Crippen LogP contribution in [0.3, 0.4) is 0 Å². The third-order valence-electron chi connectivity index (χ3n) is 8.59. The van der Waals surface area contributed by atoms with Gasteiger partial charge < -0.3 is 14.8 Å². The molecular weight excluding hydrogens is 509 g/mol. The summed E-state index contributed by atoms with van der Waals surface area (Å²) in [5, 5.41) is 3.22. The van der Waals surface area contributed by atoms with Crippen LogP contribution in [0.5, 0.6) is 0 Å². The third-order valence-corrected chi connectivity index (χ3v) is 8.59. The molecule has 0 spiro atoms. The number of aromatic nitrogens is 1. The number of nitrogens with one attached hydrogen (secondary N) is 1. The quantitative estimate of drug-likeness (QED) is 0.601. The topological polar surface area (TPSA) is 66.9 Å². The summed E-state index contributed by atoms with van der Waals surface area (Å²) in [5.74, 6) is -0.122.